The molecule has 10 heteroatoms. The van der Waals surface area contributed by atoms with Gasteiger partial charge in [0.2, 0.25) is 0 Å². The van der Waals surface area contributed by atoms with Gasteiger partial charge in [0.1, 0.15) is 19.9 Å². The zero-order valence-electron chi connectivity index (χ0n) is 14.8. The number of carbonyl (C=O) groups is 1. The third-order valence-electron chi connectivity index (χ3n) is 4.05. The number of halogens is 2. The molecule has 0 aliphatic carbocycles. The lowest BCUT2D eigenvalue weighted by Crippen LogP contribution is -2.05. The van der Waals surface area contributed by atoms with Crippen molar-refractivity contribution in [3.05, 3.63) is 63.7 Å². The molecule has 0 aliphatic heterocycles. The highest BCUT2D eigenvalue weighted by molar-refractivity contribution is 7.92. The van der Waals surface area contributed by atoms with Gasteiger partial charge < -0.3 is 14.9 Å². The molecule has 1 heterocycles. The molecular formula is C19H14ClFO6S2. The van der Waals surface area contributed by atoms with E-state index in [1.807, 2.05) is 0 Å². The number of sulfone groups is 1. The van der Waals surface area contributed by atoms with Crippen LogP contribution >= 0.6 is 22.9 Å². The maximum atomic E-state index is 13.6. The van der Waals surface area contributed by atoms with E-state index in [2.05, 4.69) is 4.74 Å². The third-order valence-corrected chi connectivity index (χ3v) is 7.66. The number of methoxy groups -OCH3 is 1. The number of phenolic OH excluding ortho intramolecular Hbond substituents is 2. The summed E-state index contributed by atoms with van der Waals surface area (Å²) < 4.78 is 43.8. The van der Waals surface area contributed by atoms with Gasteiger partial charge >= 0.3 is 5.97 Å². The van der Waals surface area contributed by atoms with E-state index in [0.717, 1.165) is 30.6 Å². The van der Waals surface area contributed by atoms with E-state index in [-0.39, 0.29) is 19.7 Å². The largest absolute Gasteiger partial charge is 0.507 e. The summed E-state index contributed by atoms with van der Waals surface area (Å²) in [5.74, 6) is -2.96. The molecule has 2 aromatic carbocycles. The molecule has 3 aromatic rings. The van der Waals surface area contributed by atoms with Gasteiger partial charge in [0.15, 0.2) is 21.4 Å². The lowest BCUT2D eigenvalue weighted by atomic mass is 10.1. The molecule has 152 valence electrons. The first-order valence-corrected chi connectivity index (χ1v) is 10.9. The molecule has 0 atom stereocenters. The number of hydrogen-bond acceptors (Lipinski definition) is 7. The van der Waals surface area contributed by atoms with Crippen LogP contribution in [0, 0.1) is 5.82 Å². The molecule has 2 N–H and O–H groups in total. The molecule has 0 saturated heterocycles. The van der Waals surface area contributed by atoms with Crippen LogP contribution in [0.1, 0.15) is 15.9 Å². The van der Waals surface area contributed by atoms with E-state index in [1.165, 1.54) is 30.3 Å². The van der Waals surface area contributed by atoms with Crippen LogP contribution in [0.4, 0.5) is 4.39 Å². The van der Waals surface area contributed by atoms with Crippen molar-refractivity contribution in [1.82, 2.24) is 0 Å². The third kappa shape index (κ3) is 4.36. The van der Waals surface area contributed by atoms with Gasteiger partial charge in [-0.25, -0.2) is 17.6 Å². The Hall–Kier alpha value is -2.62. The smallest absolute Gasteiger partial charge is 0.341 e. The van der Waals surface area contributed by atoms with Crippen LogP contribution in [-0.4, -0.2) is 31.7 Å². The Morgan fingerprint density at radius 1 is 1.14 bits per heavy atom. The molecule has 3 rings (SSSR count). The summed E-state index contributed by atoms with van der Waals surface area (Å²) in [6, 6.07) is 8.81. The fourth-order valence-electron chi connectivity index (χ4n) is 2.61. The van der Waals surface area contributed by atoms with E-state index in [0.29, 0.717) is 11.1 Å². The summed E-state index contributed by atoms with van der Waals surface area (Å²) in [5.41, 5.74) is 0.822. The number of ether oxygens (including phenoxy) is 1. The zero-order chi connectivity index (χ0) is 21.3. The highest BCUT2D eigenvalue weighted by Gasteiger charge is 2.23. The standard InChI is InChI=1S/C19H14ClFO6S2/c1-27-19(24)12-4-2-10(6-16(12)23)9-29(25,26)17-8-13(18(20)28-17)11-3-5-15(22)14(21)7-11/h2-8,22-23H,9H2,1H3. The van der Waals surface area contributed by atoms with Crippen molar-refractivity contribution in [2.24, 2.45) is 0 Å². The minimum Gasteiger partial charge on any atom is -0.507 e. The topological polar surface area (TPSA) is 101 Å². The van der Waals surface area contributed by atoms with E-state index in [1.54, 1.807) is 0 Å². The molecule has 0 radical (unpaired) electrons. The quantitative estimate of drug-likeness (QED) is 0.552. The molecule has 0 fully saturated rings. The lowest BCUT2D eigenvalue weighted by molar-refractivity contribution is 0.0597. The number of aromatic hydroxyl groups is 2. The van der Waals surface area contributed by atoms with Gasteiger partial charge in [-0.15, -0.1) is 11.3 Å². The predicted octanol–water partition coefficient (Wildman–Crippen LogP) is 4.38. The van der Waals surface area contributed by atoms with Gasteiger partial charge in [-0.05, 0) is 41.5 Å². The van der Waals surface area contributed by atoms with Crippen molar-refractivity contribution in [3.63, 3.8) is 0 Å². The Labute approximate surface area is 174 Å². The summed E-state index contributed by atoms with van der Waals surface area (Å²) in [4.78, 5) is 11.5. The Kier molecular flexibility index (Phi) is 5.83. The summed E-state index contributed by atoms with van der Waals surface area (Å²) >= 11 is 6.97. The second-order valence-electron chi connectivity index (χ2n) is 6.02. The molecule has 0 bridgehead atoms. The highest BCUT2D eigenvalue weighted by Crippen LogP contribution is 2.39. The van der Waals surface area contributed by atoms with Crippen LogP contribution in [0.2, 0.25) is 4.34 Å². The van der Waals surface area contributed by atoms with Gasteiger partial charge in [-0.2, -0.15) is 0 Å². The van der Waals surface area contributed by atoms with E-state index in [4.69, 9.17) is 11.6 Å². The fraction of sp³-hybridized carbons (Fsp3) is 0.105. The van der Waals surface area contributed by atoms with Crippen molar-refractivity contribution >= 4 is 38.7 Å². The molecule has 0 spiro atoms. The Morgan fingerprint density at radius 2 is 1.86 bits per heavy atom. The lowest BCUT2D eigenvalue weighted by Gasteiger charge is -2.06. The molecule has 0 amide bonds. The summed E-state index contributed by atoms with van der Waals surface area (Å²) in [6.45, 7) is 0. The van der Waals surface area contributed by atoms with Crippen LogP contribution in [0.5, 0.6) is 11.5 Å². The Morgan fingerprint density at radius 3 is 2.48 bits per heavy atom. The fourth-order valence-corrected chi connectivity index (χ4v) is 5.80. The molecule has 29 heavy (non-hydrogen) atoms. The zero-order valence-corrected chi connectivity index (χ0v) is 17.2. The minimum absolute atomic E-state index is 0.0393. The molecule has 6 nitrogen and oxygen atoms in total. The normalized spacial score (nSPS) is 11.4. The number of esters is 1. The second kappa shape index (κ2) is 8.02. The molecule has 0 aliphatic rings. The van der Waals surface area contributed by atoms with Crippen LogP contribution in [-0.2, 0) is 20.3 Å². The highest BCUT2D eigenvalue weighted by atomic mass is 35.5. The number of thiophene rings is 1. The summed E-state index contributed by atoms with van der Waals surface area (Å²) in [6.07, 6.45) is 0. The van der Waals surface area contributed by atoms with Gasteiger partial charge in [0.05, 0.1) is 12.9 Å². The number of carbonyl (C=O) groups excluding carboxylic acids is 1. The van der Waals surface area contributed by atoms with Gasteiger partial charge in [-0.3, -0.25) is 0 Å². The molecular weight excluding hydrogens is 443 g/mol. The first-order valence-electron chi connectivity index (χ1n) is 8.03. The number of benzene rings is 2. The van der Waals surface area contributed by atoms with Crippen LogP contribution in [0.25, 0.3) is 11.1 Å². The Balaban J connectivity index is 1.91. The van der Waals surface area contributed by atoms with Crippen molar-refractivity contribution in [2.75, 3.05) is 7.11 Å². The first kappa shape index (κ1) is 21.1. The second-order valence-corrected chi connectivity index (χ2v) is 9.89. The number of hydrogen-bond donors (Lipinski definition) is 2. The van der Waals surface area contributed by atoms with Crippen molar-refractivity contribution in [3.8, 4) is 22.6 Å². The molecule has 0 unspecified atom stereocenters. The van der Waals surface area contributed by atoms with Gasteiger partial charge in [0, 0.05) is 5.56 Å². The predicted molar refractivity (Wildman–Crippen MR) is 107 cm³/mol. The number of phenols is 2. The van der Waals surface area contributed by atoms with Crippen LogP contribution in [0.15, 0.2) is 46.7 Å². The van der Waals surface area contributed by atoms with Crippen molar-refractivity contribution in [1.29, 1.82) is 0 Å². The SMILES string of the molecule is COC(=O)c1ccc(CS(=O)(=O)c2cc(-c3ccc(O)c(F)c3)c(Cl)s2)cc1O. The van der Waals surface area contributed by atoms with Gasteiger partial charge in [0.25, 0.3) is 0 Å². The van der Waals surface area contributed by atoms with Crippen molar-refractivity contribution < 1.29 is 32.6 Å². The van der Waals surface area contributed by atoms with E-state index < -0.39 is 38.9 Å². The maximum absolute atomic E-state index is 13.6. The van der Waals surface area contributed by atoms with Crippen LogP contribution in [0.3, 0.4) is 0 Å². The van der Waals surface area contributed by atoms with E-state index in [9.17, 15) is 27.8 Å². The average Bonchev–Trinajstić information content (AvgIpc) is 3.06. The first-order chi connectivity index (χ1) is 13.6. The van der Waals surface area contributed by atoms with E-state index >= 15 is 0 Å². The monoisotopic (exact) mass is 456 g/mol. The molecule has 1 aromatic heterocycles. The minimum atomic E-state index is -3.83. The van der Waals surface area contributed by atoms with Gasteiger partial charge in [-0.1, -0.05) is 23.7 Å². The molecule has 0 saturated carbocycles. The van der Waals surface area contributed by atoms with Crippen LogP contribution < -0.4 is 0 Å². The maximum Gasteiger partial charge on any atom is 0.341 e. The number of rotatable bonds is 5. The summed E-state index contributed by atoms with van der Waals surface area (Å²) in [5, 5.41) is 19.2. The Bertz CT molecular complexity index is 1200. The summed E-state index contributed by atoms with van der Waals surface area (Å²) in [7, 11) is -2.67. The average molecular weight is 457 g/mol. The van der Waals surface area contributed by atoms with Crippen molar-refractivity contribution in [2.45, 2.75) is 9.96 Å².